The van der Waals surface area contributed by atoms with Gasteiger partial charge in [-0.15, -0.1) is 0 Å². The largest absolute Gasteiger partial charge is 0.497 e. The van der Waals surface area contributed by atoms with E-state index in [9.17, 15) is 9.59 Å². The fourth-order valence-corrected chi connectivity index (χ4v) is 2.69. The Kier molecular flexibility index (Phi) is 5.57. The summed E-state index contributed by atoms with van der Waals surface area (Å²) in [6, 6.07) is 6.76. The van der Waals surface area contributed by atoms with Crippen molar-refractivity contribution in [2.45, 2.75) is 18.9 Å². The van der Waals surface area contributed by atoms with Crippen molar-refractivity contribution >= 4 is 11.9 Å². The van der Waals surface area contributed by atoms with Crippen LogP contribution < -0.4 is 15.8 Å². The number of carbonyl (C=O) groups is 2. The zero-order chi connectivity index (χ0) is 16.9. The molecule has 7 nitrogen and oxygen atoms in total. The number of nitrogens with one attached hydrogen (secondary N) is 1. The zero-order valence-electron chi connectivity index (χ0n) is 13.5. The van der Waals surface area contributed by atoms with Gasteiger partial charge in [-0.3, -0.25) is 9.69 Å². The Bertz CT molecular complexity index is 561. The summed E-state index contributed by atoms with van der Waals surface area (Å²) in [5.74, 6) is 0.440. The van der Waals surface area contributed by atoms with Crippen LogP contribution >= 0.6 is 0 Å². The first kappa shape index (κ1) is 17.2. The minimum Gasteiger partial charge on any atom is -0.497 e. The maximum Gasteiger partial charge on any atom is 0.325 e. The molecule has 1 aliphatic rings. The molecule has 1 aliphatic heterocycles. The monoisotopic (exact) mass is 321 g/mol. The standard InChI is InChI=1S/C16H23N3O4/c1-3-16(12-4-6-13(22-2)7-5-12)14(20)19(15(21)18-16)9-11-23-10-8-17/h4-7H,3,8-11,17H2,1-2H3,(H,18,21). The van der Waals surface area contributed by atoms with Gasteiger partial charge in [0.15, 0.2) is 0 Å². The van der Waals surface area contributed by atoms with Crippen LogP contribution in [0.1, 0.15) is 18.9 Å². The van der Waals surface area contributed by atoms with Gasteiger partial charge in [0.25, 0.3) is 5.91 Å². The first-order chi connectivity index (χ1) is 11.1. The number of ether oxygens (including phenoxy) is 2. The average molecular weight is 321 g/mol. The topological polar surface area (TPSA) is 93.9 Å². The number of methoxy groups -OCH3 is 1. The molecule has 0 spiro atoms. The lowest BCUT2D eigenvalue weighted by atomic mass is 9.87. The highest BCUT2D eigenvalue weighted by molar-refractivity contribution is 6.07. The van der Waals surface area contributed by atoms with Crippen molar-refractivity contribution in [2.75, 3.05) is 33.4 Å². The van der Waals surface area contributed by atoms with Crippen molar-refractivity contribution in [1.29, 1.82) is 0 Å². The molecule has 7 heteroatoms. The fourth-order valence-electron chi connectivity index (χ4n) is 2.69. The quantitative estimate of drug-likeness (QED) is 0.546. The van der Waals surface area contributed by atoms with Crippen LogP contribution in [-0.4, -0.2) is 50.3 Å². The van der Waals surface area contributed by atoms with Gasteiger partial charge in [0.1, 0.15) is 11.3 Å². The van der Waals surface area contributed by atoms with Gasteiger partial charge in [-0.1, -0.05) is 19.1 Å². The van der Waals surface area contributed by atoms with Crippen LogP contribution in [0.2, 0.25) is 0 Å². The first-order valence-electron chi connectivity index (χ1n) is 7.65. The van der Waals surface area contributed by atoms with Crippen molar-refractivity contribution in [3.05, 3.63) is 29.8 Å². The van der Waals surface area contributed by atoms with Crippen LogP contribution in [0.15, 0.2) is 24.3 Å². The summed E-state index contributed by atoms with van der Waals surface area (Å²) in [5, 5.41) is 2.83. The second-order valence-electron chi connectivity index (χ2n) is 5.28. The molecule has 1 heterocycles. The SMILES string of the molecule is CCC1(c2ccc(OC)cc2)NC(=O)N(CCOCCN)C1=O. The van der Waals surface area contributed by atoms with E-state index >= 15 is 0 Å². The van der Waals surface area contributed by atoms with Crippen molar-refractivity contribution in [2.24, 2.45) is 5.73 Å². The third-order valence-electron chi connectivity index (χ3n) is 4.01. The summed E-state index contributed by atoms with van der Waals surface area (Å²) in [6.45, 7) is 3.17. The number of hydrogen-bond donors (Lipinski definition) is 2. The molecule has 0 saturated carbocycles. The number of amides is 3. The maximum atomic E-state index is 12.8. The van der Waals surface area contributed by atoms with E-state index in [1.54, 1.807) is 31.4 Å². The number of nitrogens with two attached hydrogens (primary N) is 1. The Morgan fingerprint density at radius 2 is 1.91 bits per heavy atom. The molecule has 0 aliphatic carbocycles. The molecule has 3 N–H and O–H groups in total. The number of rotatable bonds is 8. The molecule has 0 radical (unpaired) electrons. The first-order valence-corrected chi connectivity index (χ1v) is 7.65. The van der Waals surface area contributed by atoms with Crippen LogP contribution in [0.4, 0.5) is 4.79 Å². The van der Waals surface area contributed by atoms with Crippen molar-refractivity contribution in [3.8, 4) is 5.75 Å². The number of hydrogen-bond acceptors (Lipinski definition) is 5. The van der Waals surface area contributed by atoms with Gasteiger partial charge in [0.05, 0.1) is 26.9 Å². The molecule has 23 heavy (non-hydrogen) atoms. The molecular weight excluding hydrogens is 298 g/mol. The average Bonchev–Trinajstić information content (AvgIpc) is 2.83. The Balaban J connectivity index is 2.18. The summed E-state index contributed by atoms with van der Waals surface area (Å²) >= 11 is 0. The second-order valence-corrected chi connectivity index (χ2v) is 5.28. The molecule has 1 atom stereocenters. The molecule has 3 amide bonds. The lowest BCUT2D eigenvalue weighted by Crippen LogP contribution is -2.43. The Morgan fingerprint density at radius 3 is 2.48 bits per heavy atom. The van der Waals surface area contributed by atoms with Gasteiger partial charge in [-0.25, -0.2) is 4.79 Å². The fraction of sp³-hybridized carbons (Fsp3) is 0.500. The number of urea groups is 1. The predicted octanol–water partition coefficient (Wildman–Crippen LogP) is 0.828. The summed E-state index contributed by atoms with van der Waals surface area (Å²) in [4.78, 5) is 26.2. The van der Waals surface area contributed by atoms with Crippen LogP contribution in [0.3, 0.4) is 0 Å². The Hall–Kier alpha value is -2.12. The van der Waals surface area contributed by atoms with Gasteiger partial charge in [0, 0.05) is 6.54 Å². The zero-order valence-corrected chi connectivity index (χ0v) is 13.5. The molecule has 1 fully saturated rings. The highest BCUT2D eigenvalue weighted by atomic mass is 16.5. The van der Waals surface area contributed by atoms with Crippen LogP contribution in [0.25, 0.3) is 0 Å². The number of carbonyl (C=O) groups excluding carboxylic acids is 2. The molecule has 1 aromatic carbocycles. The van der Waals surface area contributed by atoms with E-state index in [-0.39, 0.29) is 19.1 Å². The lowest BCUT2D eigenvalue weighted by Gasteiger charge is -2.26. The summed E-state index contributed by atoms with van der Waals surface area (Å²) in [6.07, 6.45) is 0.462. The number of imide groups is 1. The molecule has 0 bridgehead atoms. The van der Waals surface area contributed by atoms with E-state index < -0.39 is 11.6 Å². The van der Waals surface area contributed by atoms with Crippen molar-refractivity contribution < 1.29 is 19.1 Å². The predicted molar refractivity (Wildman–Crippen MR) is 85.1 cm³/mol. The van der Waals surface area contributed by atoms with Crippen molar-refractivity contribution in [1.82, 2.24) is 10.2 Å². The Labute approximate surface area is 135 Å². The highest BCUT2D eigenvalue weighted by Gasteiger charge is 2.50. The summed E-state index contributed by atoms with van der Waals surface area (Å²) in [5.41, 5.74) is 5.06. The molecule has 1 saturated heterocycles. The van der Waals surface area contributed by atoms with E-state index in [0.29, 0.717) is 25.3 Å². The van der Waals surface area contributed by atoms with E-state index in [1.165, 1.54) is 4.90 Å². The maximum absolute atomic E-state index is 12.8. The third-order valence-corrected chi connectivity index (χ3v) is 4.01. The van der Waals surface area contributed by atoms with E-state index in [4.69, 9.17) is 15.2 Å². The smallest absolute Gasteiger partial charge is 0.325 e. The van der Waals surface area contributed by atoms with Gasteiger partial charge in [0.2, 0.25) is 0 Å². The lowest BCUT2D eigenvalue weighted by molar-refractivity contribution is -0.132. The number of benzene rings is 1. The summed E-state index contributed by atoms with van der Waals surface area (Å²) < 4.78 is 10.4. The normalized spacial score (nSPS) is 20.7. The van der Waals surface area contributed by atoms with Gasteiger partial charge < -0.3 is 20.5 Å². The van der Waals surface area contributed by atoms with E-state index in [2.05, 4.69) is 5.32 Å². The minimum absolute atomic E-state index is 0.211. The minimum atomic E-state index is -1.03. The van der Waals surface area contributed by atoms with Crippen LogP contribution in [0, 0.1) is 0 Å². The van der Waals surface area contributed by atoms with E-state index in [0.717, 1.165) is 5.56 Å². The molecule has 1 aromatic rings. The van der Waals surface area contributed by atoms with Gasteiger partial charge in [-0.2, -0.15) is 0 Å². The van der Waals surface area contributed by atoms with Crippen LogP contribution in [0.5, 0.6) is 5.75 Å². The third kappa shape index (κ3) is 3.30. The molecule has 2 rings (SSSR count). The van der Waals surface area contributed by atoms with Gasteiger partial charge in [-0.05, 0) is 24.1 Å². The molecule has 1 unspecified atom stereocenters. The van der Waals surface area contributed by atoms with E-state index in [1.807, 2.05) is 6.92 Å². The van der Waals surface area contributed by atoms with Crippen molar-refractivity contribution in [3.63, 3.8) is 0 Å². The molecule has 0 aromatic heterocycles. The molecule has 126 valence electrons. The van der Waals surface area contributed by atoms with Gasteiger partial charge >= 0.3 is 6.03 Å². The van der Waals surface area contributed by atoms with Crippen LogP contribution in [-0.2, 0) is 15.1 Å². The molecular formula is C16H23N3O4. The second kappa shape index (κ2) is 7.43. The summed E-state index contributed by atoms with van der Waals surface area (Å²) in [7, 11) is 1.58. The Morgan fingerprint density at radius 1 is 1.22 bits per heavy atom. The highest BCUT2D eigenvalue weighted by Crippen LogP contribution is 2.33. The number of nitrogens with zero attached hydrogens (tertiary/aromatic N) is 1.